The van der Waals surface area contributed by atoms with Crippen molar-refractivity contribution < 1.29 is 34.3 Å². The highest BCUT2D eigenvalue weighted by Gasteiger charge is 2.49. The molecule has 174 valence electrons. The number of rotatable bonds is 5. The van der Waals surface area contributed by atoms with Gasteiger partial charge in [0.1, 0.15) is 24.4 Å². The molecule has 0 amide bonds. The van der Waals surface area contributed by atoms with Gasteiger partial charge in [0, 0.05) is 18.6 Å². The molecule has 0 aromatic carbocycles. The van der Waals surface area contributed by atoms with Gasteiger partial charge >= 0.3 is 0 Å². The second-order valence-corrected chi connectivity index (χ2v) is 8.26. The Morgan fingerprint density at radius 3 is 2.20 bits per heavy atom. The van der Waals surface area contributed by atoms with E-state index in [1.165, 1.54) is 0 Å². The maximum atomic E-state index is 10.7. The van der Waals surface area contributed by atoms with E-state index in [9.17, 15) is 15.3 Å². The Bertz CT molecular complexity index is 601. The summed E-state index contributed by atoms with van der Waals surface area (Å²) in [5, 5.41) is 31.2. The van der Waals surface area contributed by atoms with E-state index >= 15 is 0 Å². The lowest BCUT2D eigenvalue weighted by molar-refractivity contribution is -0.318. The molecule has 13 N–H and O–H groups in total. The van der Waals surface area contributed by atoms with E-state index < -0.39 is 73.4 Å². The fourth-order valence-corrected chi connectivity index (χ4v) is 3.99. The number of nitrogens with two attached hydrogens (primary N) is 5. The molecule has 13 atom stereocenters. The van der Waals surface area contributed by atoms with Crippen LogP contribution in [0.1, 0.15) is 13.3 Å². The predicted molar refractivity (Wildman–Crippen MR) is 105 cm³/mol. The highest BCUT2D eigenvalue weighted by molar-refractivity contribution is 5.05. The van der Waals surface area contributed by atoms with E-state index in [1.807, 2.05) is 0 Å². The number of ether oxygens (including phenoxy) is 4. The first-order valence-electron chi connectivity index (χ1n) is 10.2. The minimum absolute atomic E-state index is 0.241. The highest BCUT2D eigenvalue weighted by atomic mass is 16.7. The lowest BCUT2D eigenvalue weighted by Crippen LogP contribution is -2.67. The van der Waals surface area contributed by atoms with Crippen LogP contribution in [0.3, 0.4) is 0 Å². The summed E-state index contributed by atoms with van der Waals surface area (Å²) in [6.45, 7) is 1.89. The number of hydrogen-bond acceptors (Lipinski definition) is 12. The molecular formula is C18H35N5O7. The third kappa shape index (κ3) is 4.85. The fourth-order valence-electron chi connectivity index (χ4n) is 3.99. The van der Waals surface area contributed by atoms with Crippen LogP contribution in [0.2, 0.25) is 0 Å². The van der Waals surface area contributed by atoms with E-state index in [0.717, 1.165) is 0 Å². The summed E-state index contributed by atoms with van der Waals surface area (Å²) in [4.78, 5) is 0. The van der Waals surface area contributed by atoms with Gasteiger partial charge in [0.25, 0.3) is 0 Å². The average molecular weight is 434 g/mol. The van der Waals surface area contributed by atoms with Crippen molar-refractivity contribution in [1.82, 2.24) is 0 Å². The quantitative estimate of drug-likeness (QED) is 0.192. The monoisotopic (exact) mass is 433 g/mol. The maximum absolute atomic E-state index is 10.7. The molecule has 0 spiro atoms. The van der Waals surface area contributed by atoms with Gasteiger partial charge in [-0.2, -0.15) is 0 Å². The molecule has 0 unspecified atom stereocenters. The number of aliphatic hydroxyl groups excluding tert-OH is 3. The fraction of sp³-hybridized carbons (Fsp3) is 0.889. The first kappa shape index (κ1) is 23.9. The largest absolute Gasteiger partial charge is 0.389 e. The van der Waals surface area contributed by atoms with Crippen molar-refractivity contribution in [3.63, 3.8) is 0 Å². The summed E-state index contributed by atoms with van der Waals surface area (Å²) in [5.41, 5.74) is 29.8. The highest BCUT2D eigenvalue weighted by Crippen LogP contribution is 2.30. The third-order valence-electron chi connectivity index (χ3n) is 5.97. The minimum atomic E-state index is -1.43. The molecule has 0 aromatic heterocycles. The summed E-state index contributed by atoms with van der Waals surface area (Å²) in [6, 6.07) is -2.67. The van der Waals surface area contributed by atoms with Crippen LogP contribution in [0.25, 0.3) is 0 Å². The second kappa shape index (κ2) is 9.81. The summed E-state index contributed by atoms with van der Waals surface area (Å²) >= 11 is 0. The molecule has 2 fully saturated rings. The molecule has 0 aromatic rings. The molecule has 3 rings (SSSR count). The van der Waals surface area contributed by atoms with Crippen molar-refractivity contribution in [2.75, 3.05) is 6.54 Å². The van der Waals surface area contributed by atoms with E-state index in [-0.39, 0.29) is 19.1 Å². The standard InChI is InChI=1S/C18H35N5O7/c1-6-11(23)13(25)14(26)18(27-6)30-16-12(24)9(21)4-10(22)15(16)29-17-8(20)3-2-7(5-19)28-17/h2-3,6-18,24-26H,4-5,19-23H2,1H3/t6-,7+,8-,9-,10+,11-,12+,13+,14-,15-,16-,17-,18+/m1/s1. The van der Waals surface area contributed by atoms with Gasteiger partial charge in [0.15, 0.2) is 12.6 Å². The van der Waals surface area contributed by atoms with Crippen LogP contribution in [0.5, 0.6) is 0 Å². The van der Waals surface area contributed by atoms with Gasteiger partial charge in [-0.3, -0.25) is 0 Å². The molecule has 1 saturated carbocycles. The molecule has 2 heterocycles. The van der Waals surface area contributed by atoms with Crippen LogP contribution < -0.4 is 28.7 Å². The Hall–Kier alpha value is -0.740. The topological polar surface area (TPSA) is 228 Å². The Labute approximate surface area is 175 Å². The molecule has 1 aliphatic carbocycles. The van der Waals surface area contributed by atoms with Crippen molar-refractivity contribution in [3.8, 4) is 0 Å². The molecule has 3 aliphatic rings. The third-order valence-corrected chi connectivity index (χ3v) is 5.97. The molecule has 30 heavy (non-hydrogen) atoms. The molecule has 0 bridgehead atoms. The summed E-state index contributed by atoms with van der Waals surface area (Å²) < 4.78 is 23.3. The van der Waals surface area contributed by atoms with Gasteiger partial charge in [-0.05, 0) is 13.3 Å². The van der Waals surface area contributed by atoms with Gasteiger partial charge in [0.2, 0.25) is 0 Å². The predicted octanol–water partition coefficient (Wildman–Crippen LogP) is -4.46. The zero-order chi connectivity index (χ0) is 22.2. The van der Waals surface area contributed by atoms with Crippen LogP contribution >= 0.6 is 0 Å². The molecule has 2 aliphatic heterocycles. The Kier molecular flexibility index (Phi) is 7.82. The van der Waals surface area contributed by atoms with E-state index in [2.05, 4.69) is 0 Å². The number of hydrogen-bond donors (Lipinski definition) is 8. The summed E-state index contributed by atoms with van der Waals surface area (Å²) in [6.07, 6.45) is -5.19. The molecule has 0 radical (unpaired) electrons. The van der Waals surface area contributed by atoms with Crippen molar-refractivity contribution in [3.05, 3.63) is 12.2 Å². The van der Waals surface area contributed by atoms with E-state index in [1.54, 1.807) is 19.1 Å². The van der Waals surface area contributed by atoms with Crippen molar-refractivity contribution in [2.45, 2.75) is 92.8 Å². The number of aliphatic hydroxyl groups is 3. The van der Waals surface area contributed by atoms with Crippen LogP contribution in [0.4, 0.5) is 0 Å². The van der Waals surface area contributed by atoms with Crippen molar-refractivity contribution in [2.24, 2.45) is 28.7 Å². The second-order valence-electron chi connectivity index (χ2n) is 8.26. The van der Waals surface area contributed by atoms with Crippen LogP contribution in [0.15, 0.2) is 12.2 Å². The van der Waals surface area contributed by atoms with E-state index in [0.29, 0.717) is 0 Å². The summed E-state index contributed by atoms with van der Waals surface area (Å²) in [7, 11) is 0. The van der Waals surface area contributed by atoms with Crippen LogP contribution in [-0.2, 0) is 18.9 Å². The van der Waals surface area contributed by atoms with Crippen LogP contribution in [0, 0.1) is 0 Å². The normalized spacial score (nSPS) is 52.4. The van der Waals surface area contributed by atoms with Gasteiger partial charge in [0.05, 0.1) is 30.4 Å². The molecule has 12 heteroatoms. The van der Waals surface area contributed by atoms with Crippen LogP contribution in [-0.4, -0.2) is 101 Å². The average Bonchev–Trinajstić information content (AvgIpc) is 2.72. The van der Waals surface area contributed by atoms with Gasteiger partial charge in [-0.1, -0.05) is 12.2 Å². The Balaban J connectivity index is 1.77. The molecule has 1 saturated heterocycles. The lowest BCUT2D eigenvalue weighted by Gasteiger charge is -2.47. The van der Waals surface area contributed by atoms with Crippen molar-refractivity contribution >= 4 is 0 Å². The molecule has 12 nitrogen and oxygen atoms in total. The lowest BCUT2D eigenvalue weighted by atomic mass is 9.84. The first-order valence-corrected chi connectivity index (χ1v) is 10.2. The Morgan fingerprint density at radius 2 is 1.53 bits per heavy atom. The Morgan fingerprint density at radius 1 is 0.867 bits per heavy atom. The maximum Gasteiger partial charge on any atom is 0.187 e. The smallest absolute Gasteiger partial charge is 0.187 e. The van der Waals surface area contributed by atoms with Gasteiger partial charge < -0.3 is 62.9 Å². The SMILES string of the molecule is C[C@H]1O[C@@H](O[C@@H]2[C@@H](O)[C@H](N)C[C@H](N)[C@H]2O[C@H]2O[C@H](CN)C=C[C@H]2N)[C@H](O)[C@@H](O)[C@@H]1N. The summed E-state index contributed by atoms with van der Waals surface area (Å²) in [5.74, 6) is 0. The minimum Gasteiger partial charge on any atom is -0.389 e. The van der Waals surface area contributed by atoms with Gasteiger partial charge in [-0.25, -0.2) is 0 Å². The van der Waals surface area contributed by atoms with Gasteiger partial charge in [-0.15, -0.1) is 0 Å². The zero-order valence-corrected chi connectivity index (χ0v) is 16.9. The molecular weight excluding hydrogens is 398 g/mol. The zero-order valence-electron chi connectivity index (χ0n) is 16.9. The first-order chi connectivity index (χ1) is 14.1. The van der Waals surface area contributed by atoms with Crippen molar-refractivity contribution in [1.29, 1.82) is 0 Å². The van der Waals surface area contributed by atoms with E-state index in [4.69, 9.17) is 47.6 Å².